The molecule has 0 heterocycles. The van der Waals surface area contributed by atoms with Crippen LogP contribution in [0.4, 0.5) is 5.69 Å². The van der Waals surface area contributed by atoms with Crippen LogP contribution in [0.3, 0.4) is 0 Å². The molecular weight excluding hydrogens is 328 g/mol. The first-order valence-electron chi connectivity index (χ1n) is 9.13. The summed E-state index contributed by atoms with van der Waals surface area (Å²) >= 11 is 0. The Labute approximate surface area is 155 Å². The molecule has 0 saturated heterocycles. The largest absolute Gasteiger partial charge is 0.497 e. The highest BCUT2D eigenvalue weighted by Crippen LogP contribution is 2.17. The molecule has 5 nitrogen and oxygen atoms in total. The van der Waals surface area contributed by atoms with Crippen molar-refractivity contribution >= 4 is 5.69 Å². The second-order valence-electron chi connectivity index (χ2n) is 6.61. The van der Waals surface area contributed by atoms with Gasteiger partial charge in [0.05, 0.1) is 12.0 Å². The first-order valence-corrected chi connectivity index (χ1v) is 9.13. The Morgan fingerprint density at radius 2 is 1.85 bits per heavy atom. The highest BCUT2D eigenvalue weighted by atomic mass is 16.6. The number of hydrogen-bond acceptors (Lipinski definition) is 4. The molecule has 5 heteroatoms. The molecule has 0 radical (unpaired) electrons. The van der Waals surface area contributed by atoms with Crippen LogP contribution in [0.25, 0.3) is 0 Å². The van der Waals surface area contributed by atoms with Gasteiger partial charge in [0.15, 0.2) is 0 Å². The molecule has 0 fully saturated rings. The third-order valence-electron chi connectivity index (χ3n) is 4.63. The number of nitro benzene ring substituents is 1. The zero-order valence-electron chi connectivity index (χ0n) is 15.9. The summed E-state index contributed by atoms with van der Waals surface area (Å²) in [6, 6.07) is 15.5. The van der Waals surface area contributed by atoms with Crippen molar-refractivity contribution in [3.63, 3.8) is 0 Å². The summed E-state index contributed by atoms with van der Waals surface area (Å²) in [7, 11) is 1.67. The van der Waals surface area contributed by atoms with E-state index >= 15 is 0 Å². The topological polar surface area (TPSA) is 55.6 Å². The zero-order chi connectivity index (χ0) is 18.9. The van der Waals surface area contributed by atoms with E-state index in [1.807, 2.05) is 18.2 Å². The van der Waals surface area contributed by atoms with Crippen molar-refractivity contribution in [1.29, 1.82) is 0 Å². The normalized spacial score (nSPS) is 12.2. The molecule has 0 aromatic heterocycles. The fourth-order valence-electron chi connectivity index (χ4n) is 3.17. The highest BCUT2D eigenvalue weighted by Gasteiger charge is 2.15. The SMILES string of the molecule is CCCN(CCc1ccc(OC)cc1)C(C)Cc1cccc([N+](=O)[O-])c1. The Hall–Kier alpha value is -2.40. The first kappa shape index (κ1) is 19.9. The van der Waals surface area contributed by atoms with Gasteiger partial charge in [-0.25, -0.2) is 0 Å². The van der Waals surface area contributed by atoms with Gasteiger partial charge in [0.25, 0.3) is 5.69 Å². The van der Waals surface area contributed by atoms with E-state index in [0.29, 0.717) is 6.04 Å². The van der Waals surface area contributed by atoms with Gasteiger partial charge in [0, 0.05) is 24.7 Å². The summed E-state index contributed by atoms with van der Waals surface area (Å²) in [4.78, 5) is 13.1. The van der Waals surface area contributed by atoms with Gasteiger partial charge >= 0.3 is 0 Å². The van der Waals surface area contributed by atoms with E-state index in [-0.39, 0.29) is 10.6 Å². The lowest BCUT2D eigenvalue weighted by molar-refractivity contribution is -0.384. The maximum Gasteiger partial charge on any atom is 0.269 e. The van der Waals surface area contributed by atoms with Crippen LogP contribution in [-0.4, -0.2) is 36.1 Å². The van der Waals surface area contributed by atoms with Crippen molar-refractivity contribution in [2.24, 2.45) is 0 Å². The zero-order valence-corrected chi connectivity index (χ0v) is 15.9. The number of benzene rings is 2. The van der Waals surface area contributed by atoms with Crippen LogP contribution < -0.4 is 4.74 Å². The number of rotatable bonds is 10. The van der Waals surface area contributed by atoms with Gasteiger partial charge in [0.1, 0.15) is 5.75 Å². The fourth-order valence-corrected chi connectivity index (χ4v) is 3.17. The average molecular weight is 356 g/mol. The third kappa shape index (κ3) is 5.85. The standard InChI is InChI=1S/C21H28N2O3/c1-4-13-22(14-12-18-8-10-21(26-3)11-9-18)17(2)15-19-6-5-7-20(16-19)23(24)25/h5-11,16-17H,4,12-15H2,1-3H3. The molecule has 0 amide bonds. The second-order valence-corrected chi connectivity index (χ2v) is 6.61. The molecule has 2 aromatic carbocycles. The third-order valence-corrected chi connectivity index (χ3v) is 4.63. The van der Waals surface area contributed by atoms with Crippen LogP contribution in [0.5, 0.6) is 5.75 Å². The van der Waals surface area contributed by atoms with E-state index in [2.05, 4.69) is 30.9 Å². The lowest BCUT2D eigenvalue weighted by atomic mass is 10.0. The predicted octanol–water partition coefficient (Wildman–Crippen LogP) is 4.49. The summed E-state index contributed by atoms with van der Waals surface area (Å²) < 4.78 is 5.21. The monoisotopic (exact) mass is 356 g/mol. The maximum atomic E-state index is 11.0. The number of hydrogen-bond donors (Lipinski definition) is 0. The summed E-state index contributed by atoms with van der Waals surface area (Å²) in [5.41, 5.74) is 2.46. The molecule has 0 bridgehead atoms. The van der Waals surface area contributed by atoms with Crippen LogP contribution in [-0.2, 0) is 12.8 Å². The number of ether oxygens (including phenoxy) is 1. The molecule has 140 valence electrons. The Morgan fingerprint density at radius 3 is 2.46 bits per heavy atom. The number of nitrogens with zero attached hydrogens (tertiary/aromatic N) is 2. The lowest BCUT2D eigenvalue weighted by Gasteiger charge is -2.29. The van der Waals surface area contributed by atoms with Gasteiger partial charge in [-0.2, -0.15) is 0 Å². The Morgan fingerprint density at radius 1 is 1.12 bits per heavy atom. The first-order chi connectivity index (χ1) is 12.5. The van der Waals surface area contributed by atoms with Crippen molar-refractivity contribution in [2.45, 2.75) is 39.2 Å². The van der Waals surface area contributed by atoms with E-state index in [0.717, 1.165) is 43.7 Å². The van der Waals surface area contributed by atoms with Crippen molar-refractivity contribution in [1.82, 2.24) is 4.90 Å². The predicted molar refractivity (Wildman–Crippen MR) is 105 cm³/mol. The fraction of sp³-hybridized carbons (Fsp3) is 0.429. The van der Waals surface area contributed by atoms with Gasteiger partial charge in [-0.05, 0) is 56.0 Å². The van der Waals surface area contributed by atoms with Crippen LogP contribution in [0.2, 0.25) is 0 Å². The molecule has 1 atom stereocenters. The summed E-state index contributed by atoms with van der Waals surface area (Å²) in [6.45, 7) is 6.37. The van der Waals surface area contributed by atoms with Crippen LogP contribution in [0, 0.1) is 10.1 Å². The molecule has 1 unspecified atom stereocenters. The molecule has 2 rings (SSSR count). The molecular formula is C21H28N2O3. The summed E-state index contributed by atoms with van der Waals surface area (Å²) in [6.07, 6.45) is 2.87. The van der Waals surface area contributed by atoms with Crippen LogP contribution >= 0.6 is 0 Å². The Bertz CT molecular complexity index is 701. The molecule has 0 N–H and O–H groups in total. The number of nitro groups is 1. The number of methoxy groups -OCH3 is 1. The second kappa shape index (κ2) is 9.92. The molecule has 0 aliphatic heterocycles. The van der Waals surface area contributed by atoms with Crippen molar-refractivity contribution in [3.8, 4) is 5.75 Å². The van der Waals surface area contributed by atoms with E-state index in [9.17, 15) is 10.1 Å². The molecule has 0 aliphatic rings. The van der Waals surface area contributed by atoms with E-state index in [1.165, 1.54) is 5.56 Å². The van der Waals surface area contributed by atoms with Gasteiger partial charge in [-0.15, -0.1) is 0 Å². The average Bonchev–Trinajstić information content (AvgIpc) is 2.65. The summed E-state index contributed by atoms with van der Waals surface area (Å²) in [5.74, 6) is 0.873. The van der Waals surface area contributed by atoms with E-state index in [1.54, 1.807) is 25.3 Å². The van der Waals surface area contributed by atoms with Crippen molar-refractivity contribution < 1.29 is 9.66 Å². The summed E-state index contributed by atoms with van der Waals surface area (Å²) in [5, 5.41) is 11.0. The van der Waals surface area contributed by atoms with Crippen LogP contribution in [0.15, 0.2) is 48.5 Å². The smallest absolute Gasteiger partial charge is 0.269 e. The molecule has 0 spiro atoms. The van der Waals surface area contributed by atoms with E-state index in [4.69, 9.17) is 4.74 Å². The quantitative estimate of drug-likeness (QED) is 0.465. The minimum absolute atomic E-state index is 0.162. The van der Waals surface area contributed by atoms with Gasteiger partial charge in [-0.3, -0.25) is 10.1 Å². The Balaban J connectivity index is 1.98. The minimum atomic E-state index is -0.332. The molecule has 26 heavy (non-hydrogen) atoms. The van der Waals surface area contributed by atoms with Gasteiger partial charge < -0.3 is 9.64 Å². The molecule has 0 aliphatic carbocycles. The van der Waals surface area contributed by atoms with Gasteiger partial charge in [0.2, 0.25) is 0 Å². The van der Waals surface area contributed by atoms with E-state index < -0.39 is 0 Å². The lowest BCUT2D eigenvalue weighted by Crippen LogP contribution is -2.37. The Kier molecular flexibility index (Phi) is 7.60. The molecule has 0 saturated carbocycles. The minimum Gasteiger partial charge on any atom is -0.497 e. The van der Waals surface area contributed by atoms with Crippen molar-refractivity contribution in [2.75, 3.05) is 20.2 Å². The van der Waals surface area contributed by atoms with Crippen LogP contribution in [0.1, 0.15) is 31.4 Å². The van der Waals surface area contributed by atoms with Crippen molar-refractivity contribution in [3.05, 3.63) is 69.8 Å². The van der Waals surface area contributed by atoms with Gasteiger partial charge in [-0.1, -0.05) is 31.2 Å². The number of non-ortho nitro benzene ring substituents is 1. The molecule has 2 aromatic rings. The highest BCUT2D eigenvalue weighted by molar-refractivity contribution is 5.34. The maximum absolute atomic E-state index is 11.0.